The molecule has 0 bridgehead atoms. The molecule has 0 saturated heterocycles. The van der Waals surface area contributed by atoms with Crippen molar-refractivity contribution in [2.45, 2.75) is 0 Å². The minimum Gasteiger partial charge on any atom is -0.0616 e. The molecule has 0 spiro atoms. The van der Waals surface area contributed by atoms with Crippen molar-refractivity contribution < 1.29 is 42.5 Å². The lowest BCUT2D eigenvalue weighted by Gasteiger charge is -2.19. The summed E-state index contributed by atoms with van der Waals surface area (Å²) in [6, 6.07) is -29.2. The molecule has 0 aliphatic carbocycles. The van der Waals surface area contributed by atoms with Gasteiger partial charge in [-0.1, -0.05) is 169 Å². The summed E-state index contributed by atoms with van der Waals surface area (Å²) < 4.78 is 282. The van der Waals surface area contributed by atoms with Gasteiger partial charge in [0.1, 0.15) is 0 Å². The number of fused-ring (bicyclic) bond motifs is 5. The molecule has 10 rings (SSSR count). The predicted octanol–water partition coefficient (Wildman–Crippen LogP) is 14.1. The van der Waals surface area contributed by atoms with Crippen molar-refractivity contribution >= 4 is 53.9 Å². The first-order chi connectivity index (χ1) is 37.7. The topological polar surface area (TPSA) is 0 Å². The van der Waals surface area contributed by atoms with Crippen molar-refractivity contribution in [3.8, 4) is 44.5 Å². The van der Waals surface area contributed by atoms with E-state index in [1.165, 1.54) is 0 Å². The van der Waals surface area contributed by atoms with Crippen LogP contribution in [-0.2, 0) is 0 Å². The summed E-state index contributed by atoms with van der Waals surface area (Å²) in [6.07, 6.45) is 0. The Bertz CT molecular complexity index is 4690. The fourth-order valence-electron chi connectivity index (χ4n) is 5.82. The zero-order chi connectivity index (χ0) is 60.0. The van der Waals surface area contributed by atoms with Gasteiger partial charge in [0.15, 0.2) is 0 Å². The van der Waals surface area contributed by atoms with Crippen LogP contribution in [0.4, 0.5) is 0 Å². The van der Waals surface area contributed by atoms with Crippen molar-refractivity contribution in [2.24, 2.45) is 0 Å². The minimum absolute atomic E-state index is 0.467. The smallest absolute Gasteiger partial charge is 0.0616 e. The van der Waals surface area contributed by atoms with Gasteiger partial charge < -0.3 is 0 Å². The van der Waals surface area contributed by atoms with Gasteiger partial charge in [0, 0.05) is 0 Å². The molecule has 50 heavy (non-hydrogen) atoms. The van der Waals surface area contributed by atoms with Crippen LogP contribution in [-0.4, -0.2) is 0 Å². The monoisotopic (exact) mass is 663 g/mol. The van der Waals surface area contributed by atoms with E-state index in [-0.39, 0.29) is 0 Å². The van der Waals surface area contributed by atoms with E-state index in [1.54, 1.807) is 0 Å². The molecule has 0 heterocycles. The second kappa shape index (κ2) is 11.6. The molecule has 0 aromatic heterocycles. The van der Waals surface area contributed by atoms with Crippen LogP contribution < -0.4 is 0 Å². The van der Waals surface area contributed by atoms with Crippen molar-refractivity contribution in [2.75, 3.05) is 0 Å². The van der Waals surface area contributed by atoms with E-state index < -0.39 is 286 Å². The van der Waals surface area contributed by atoms with Crippen molar-refractivity contribution in [1.82, 2.24) is 0 Å². The third-order valence-electron chi connectivity index (χ3n) is 8.01. The summed E-state index contributed by atoms with van der Waals surface area (Å²) >= 11 is 0. The predicted molar refractivity (Wildman–Crippen MR) is 216 cm³/mol. The van der Waals surface area contributed by atoms with Gasteiger partial charge in [-0.25, -0.2) is 0 Å². The molecule has 0 nitrogen and oxygen atoms in total. The van der Waals surface area contributed by atoms with E-state index in [4.69, 9.17) is 24.7 Å². The molecular formula is C50H32. The number of hydrogen-bond donors (Lipinski definition) is 0. The molecule has 0 aliphatic rings. The molecule has 0 radical (unpaired) electrons. The fraction of sp³-hybridized carbons (Fsp3) is 0. The summed E-state index contributed by atoms with van der Waals surface area (Å²) in [5.74, 6) is 0. The molecule has 0 saturated carbocycles. The fourth-order valence-corrected chi connectivity index (χ4v) is 5.82. The van der Waals surface area contributed by atoms with Gasteiger partial charge in [-0.15, -0.1) is 0 Å². The number of rotatable bonds is 4. The van der Waals surface area contributed by atoms with Crippen LogP contribution in [0.5, 0.6) is 0 Å². The first-order valence-electron chi connectivity index (χ1n) is 30.3. The first-order valence-corrected chi connectivity index (χ1v) is 14.8. The normalized spacial score (nSPS) is 20.3. The lowest BCUT2D eigenvalue weighted by atomic mass is 9.84. The first kappa shape index (κ1) is 11.3. The van der Waals surface area contributed by atoms with Crippen LogP contribution in [0.25, 0.3) is 98.4 Å². The summed E-state index contributed by atoms with van der Waals surface area (Å²) in [7, 11) is 0. The van der Waals surface area contributed by atoms with Crippen molar-refractivity contribution in [3.63, 3.8) is 0 Å². The van der Waals surface area contributed by atoms with Gasteiger partial charge in [0.2, 0.25) is 0 Å². The summed E-state index contributed by atoms with van der Waals surface area (Å²) in [5, 5.41) is -7.22. The van der Waals surface area contributed by atoms with Gasteiger partial charge in [-0.3, -0.25) is 0 Å². The van der Waals surface area contributed by atoms with Crippen LogP contribution in [0.1, 0.15) is 42.5 Å². The van der Waals surface area contributed by atoms with Crippen LogP contribution in [0.2, 0.25) is 0 Å². The van der Waals surface area contributed by atoms with Crippen LogP contribution >= 0.6 is 0 Å². The zero-order valence-corrected chi connectivity index (χ0v) is 25.1. The van der Waals surface area contributed by atoms with Gasteiger partial charge in [-0.05, 0) is 123 Å². The standard InChI is InChI=1S/C50H32/c1-3-14-36-29-38(25-23-33(36)11-1)39-27-28-47-48(32-39)50(42-26-24-34-12-2-4-15-37(34)30-42)46-21-8-7-20-45(46)49(47)41-18-9-17-40(31-41)44-22-10-16-35-13-5-6-19-43(35)44/h1-32H/i1D,2D,3D,4D,5D,6D,7D,8D,9D,10D,11D,12D,13D,14D,15D,16D,17D,18D,19D,20D,21D,22D,23D,24D,26D,27D,28D,29D,30D,31D,32D. The van der Waals surface area contributed by atoms with E-state index in [0.717, 1.165) is 6.07 Å². The lowest BCUT2D eigenvalue weighted by Crippen LogP contribution is -1.92. The summed E-state index contributed by atoms with van der Waals surface area (Å²) in [6.45, 7) is 0. The van der Waals surface area contributed by atoms with Crippen LogP contribution in [0.3, 0.4) is 0 Å². The van der Waals surface area contributed by atoms with Gasteiger partial charge in [0.25, 0.3) is 0 Å². The van der Waals surface area contributed by atoms with E-state index in [0.29, 0.717) is 0 Å². The maximum Gasteiger partial charge on any atom is 0.0636 e. The Balaban J connectivity index is 1.56. The van der Waals surface area contributed by atoms with Crippen molar-refractivity contribution in [1.29, 1.82) is 0 Å². The Hall–Kier alpha value is -6.50. The second-order valence-electron chi connectivity index (χ2n) is 10.8. The average Bonchev–Trinajstić information content (AvgIpc) is 3.00. The van der Waals surface area contributed by atoms with E-state index in [1.807, 2.05) is 0 Å². The molecule has 0 atom stereocenters. The number of benzene rings is 10. The SMILES string of the molecule is [2H]c1c([2H])c(-c2c([2H])c([2H])c([2H])c3c([2H])c([2H])c([2H])c([2H])c23)c([2H])c(-c2c3c([2H])c([2H])c([2H])c([2H])c3c(-c3c([2H])c([2H])c4c([2H])c([2H])c([2H])c([2H])c4c3[2H])c3c([2H])c(-c4cc([2H])c5c([2H])c([2H])c([2H])c([2H])c5c4[2H])c([2H])c([2H])c23)c1[2H]. The molecule has 0 N–H and O–H groups in total. The highest BCUT2D eigenvalue weighted by molar-refractivity contribution is 6.22. The highest BCUT2D eigenvalue weighted by Crippen LogP contribution is 2.46. The highest BCUT2D eigenvalue weighted by atomic mass is 14.2. The molecule has 0 unspecified atom stereocenters. The zero-order valence-electron chi connectivity index (χ0n) is 56.1. The molecule has 0 aliphatic heterocycles. The Morgan fingerprint density at radius 1 is 0.260 bits per heavy atom. The van der Waals surface area contributed by atoms with E-state index in [2.05, 4.69) is 0 Å². The molecule has 0 amide bonds. The maximum atomic E-state index is 10.2. The third kappa shape index (κ3) is 4.69. The maximum absolute atomic E-state index is 10.2. The summed E-state index contributed by atoms with van der Waals surface area (Å²) in [4.78, 5) is 0. The Labute approximate surface area is 335 Å². The van der Waals surface area contributed by atoms with E-state index in [9.17, 15) is 17.8 Å². The molecule has 0 heteroatoms. The van der Waals surface area contributed by atoms with Gasteiger partial charge in [-0.2, -0.15) is 0 Å². The second-order valence-corrected chi connectivity index (χ2v) is 10.8. The van der Waals surface area contributed by atoms with Crippen molar-refractivity contribution in [3.05, 3.63) is 193 Å². The summed E-state index contributed by atoms with van der Waals surface area (Å²) in [5.41, 5.74) is -6.75. The third-order valence-corrected chi connectivity index (χ3v) is 8.01. The Kier molecular flexibility index (Phi) is 2.61. The van der Waals surface area contributed by atoms with E-state index >= 15 is 0 Å². The Morgan fingerprint density at radius 2 is 0.780 bits per heavy atom. The van der Waals surface area contributed by atoms with Gasteiger partial charge in [0.05, 0.1) is 42.5 Å². The largest absolute Gasteiger partial charge is 0.0636 e. The van der Waals surface area contributed by atoms with Crippen LogP contribution in [0.15, 0.2) is 193 Å². The molecular weight excluding hydrogens is 601 g/mol. The molecule has 10 aromatic carbocycles. The quantitative estimate of drug-likeness (QED) is 0.164. The van der Waals surface area contributed by atoms with Crippen LogP contribution in [0, 0.1) is 0 Å². The molecule has 0 fully saturated rings. The minimum atomic E-state index is -1.15. The lowest BCUT2D eigenvalue weighted by molar-refractivity contribution is 1.63. The molecule has 10 aromatic rings. The average molecular weight is 664 g/mol. The Morgan fingerprint density at radius 3 is 1.56 bits per heavy atom. The molecule has 232 valence electrons. The number of hydrogen-bond acceptors (Lipinski definition) is 0. The highest BCUT2D eigenvalue weighted by Gasteiger charge is 2.18. The van der Waals surface area contributed by atoms with Gasteiger partial charge >= 0.3 is 0 Å².